The molecule has 2 aliphatic rings. The van der Waals surface area contributed by atoms with Gasteiger partial charge in [-0.25, -0.2) is 38.3 Å². The molecular weight excluding hydrogens is 685 g/mol. The highest BCUT2D eigenvalue weighted by Crippen LogP contribution is 2.66. The number of imidazole rings is 1. The summed E-state index contributed by atoms with van der Waals surface area (Å²) in [5.41, 5.74) is 5.97. The molecule has 2 aromatic heterocycles. The summed E-state index contributed by atoms with van der Waals surface area (Å²) in [7, 11) is -17.2. The van der Waals surface area contributed by atoms with Crippen LogP contribution in [0.25, 0.3) is 11.2 Å². The molecule has 2 unspecified atom stereocenters. The summed E-state index contributed by atoms with van der Waals surface area (Å²) < 4.78 is 59.3. The molecule has 4 heterocycles. The van der Waals surface area contributed by atoms with Crippen LogP contribution in [-0.4, -0.2) is 86.9 Å². The van der Waals surface area contributed by atoms with Crippen LogP contribution < -0.4 is 10.6 Å². The van der Waals surface area contributed by atoms with E-state index in [0.29, 0.717) is 0 Å². The molecule has 25 heteroatoms. The minimum Gasteiger partial charge on any atom is -0.453 e. The van der Waals surface area contributed by atoms with Gasteiger partial charge in [-0.2, -0.15) is 8.62 Å². The number of imide groups is 1. The Morgan fingerprint density at radius 3 is 2.24 bits per heavy atom. The number of benzene rings is 1. The summed E-state index contributed by atoms with van der Waals surface area (Å²) in [6, 6.07) is 4.97. The molecule has 6 atom stereocenters. The van der Waals surface area contributed by atoms with E-state index in [1.165, 1.54) is 28.8 Å². The highest BCUT2D eigenvalue weighted by atomic mass is 31.3. The van der Waals surface area contributed by atoms with E-state index in [9.17, 15) is 43.0 Å². The number of nitrogens with two attached hydrogens (primary N) is 1. The van der Waals surface area contributed by atoms with Gasteiger partial charge in [0.15, 0.2) is 23.8 Å². The molecule has 22 nitrogen and oxygen atoms in total. The summed E-state index contributed by atoms with van der Waals surface area (Å²) in [5, 5.41) is 11.2. The van der Waals surface area contributed by atoms with Crippen LogP contribution in [0, 0.1) is 0 Å². The molecular formula is C21H21N6O16P3. The van der Waals surface area contributed by atoms with Crippen LogP contribution in [0.15, 0.2) is 49.1 Å². The highest BCUT2D eigenvalue weighted by molar-refractivity contribution is 7.66. The lowest BCUT2D eigenvalue weighted by Gasteiger charge is -2.22. The molecule has 1 fully saturated rings. The standard InChI is InChI=1S/C21H21N6O16P3/c22-18-15-19(24-8-23-18)26(9-25-15)20-16(30)17(12(40-20)7-39-45(35,36)43-46(37,38)42-44(32,33)34)41-21(31)10-1-3-11(4-2-10)27-13(28)5-6-14(27)29/h1-6,8-9,12,16-17,20,30H,7H2,(H,35,36)(H,37,38)(H2,22,23,24)(H2,32,33,34)/t12-,16-,17-,20-/m1/s1. The van der Waals surface area contributed by atoms with Crippen molar-refractivity contribution in [1.82, 2.24) is 19.5 Å². The number of phosphoric acid groups is 3. The molecule has 5 rings (SSSR count). The molecule has 0 saturated carbocycles. The van der Waals surface area contributed by atoms with Gasteiger partial charge in [0.2, 0.25) is 0 Å². The van der Waals surface area contributed by atoms with Gasteiger partial charge >= 0.3 is 29.4 Å². The third-order valence-electron chi connectivity index (χ3n) is 6.20. The van der Waals surface area contributed by atoms with E-state index >= 15 is 0 Å². The highest BCUT2D eigenvalue weighted by Gasteiger charge is 2.49. The van der Waals surface area contributed by atoms with Crippen molar-refractivity contribution in [2.75, 3.05) is 17.2 Å². The minimum atomic E-state index is -5.86. The van der Waals surface area contributed by atoms with Gasteiger partial charge < -0.3 is 39.9 Å². The number of anilines is 2. The quantitative estimate of drug-likeness (QED) is 0.0844. The number of carbonyl (C=O) groups excluding carboxylic acids is 3. The van der Waals surface area contributed by atoms with Crippen molar-refractivity contribution in [3.05, 3.63) is 54.6 Å². The van der Waals surface area contributed by atoms with Crippen molar-refractivity contribution in [2.24, 2.45) is 0 Å². The lowest BCUT2D eigenvalue weighted by Crippen LogP contribution is -2.38. The zero-order valence-corrected chi connectivity index (χ0v) is 25.2. The van der Waals surface area contributed by atoms with Gasteiger partial charge in [0.25, 0.3) is 11.8 Å². The van der Waals surface area contributed by atoms with Crippen LogP contribution in [0.5, 0.6) is 0 Å². The second-order valence-corrected chi connectivity index (χ2v) is 13.7. The van der Waals surface area contributed by atoms with Crippen LogP contribution in [0.2, 0.25) is 0 Å². The van der Waals surface area contributed by atoms with Crippen LogP contribution in [0.3, 0.4) is 0 Å². The smallest absolute Gasteiger partial charge is 0.453 e. The molecule has 46 heavy (non-hydrogen) atoms. The van der Waals surface area contributed by atoms with E-state index in [-0.39, 0.29) is 28.2 Å². The van der Waals surface area contributed by atoms with Gasteiger partial charge in [-0.3, -0.25) is 18.7 Å². The van der Waals surface area contributed by atoms with Crippen molar-refractivity contribution >= 4 is 63.9 Å². The number of aliphatic hydroxyl groups is 1. The fourth-order valence-electron chi connectivity index (χ4n) is 4.35. The zero-order valence-electron chi connectivity index (χ0n) is 22.5. The van der Waals surface area contributed by atoms with Crippen LogP contribution >= 0.6 is 23.5 Å². The third-order valence-corrected chi connectivity index (χ3v) is 10.0. The first-order valence-corrected chi connectivity index (χ1v) is 16.9. The molecule has 2 aliphatic heterocycles. The maximum Gasteiger partial charge on any atom is 0.490 e. The summed E-state index contributed by atoms with van der Waals surface area (Å²) in [4.78, 5) is 86.4. The summed E-state index contributed by atoms with van der Waals surface area (Å²) in [5.74, 6) is -2.31. The Hall–Kier alpha value is -3.75. The number of fused-ring (bicyclic) bond motifs is 1. The Labute approximate surface area is 255 Å². The van der Waals surface area contributed by atoms with Gasteiger partial charge in [-0.05, 0) is 24.3 Å². The monoisotopic (exact) mass is 706 g/mol. The Morgan fingerprint density at radius 2 is 1.61 bits per heavy atom. The Kier molecular flexibility index (Phi) is 9.10. The van der Waals surface area contributed by atoms with Crippen molar-refractivity contribution in [1.29, 1.82) is 0 Å². The van der Waals surface area contributed by atoms with Gasteiger partial charge in [-0.1, -0.05) is 0 Å². The first-order chi connectivity index (χ1) is 21.4. The molecule has 0 spiro atoms. The maximum atomic E-state index is 13.1. The number of phosphoric ester groups is 1. The third kappa shape index (κ3) is 7.29. The maximum absolute atomic E-state index is 13.1. The lowest BCUT2D eigenvalue weighted by atomic mass is 10.1. The average Bonchev–Trinajstić information content (AvgIpc) is 3.61. The molecule has 1 aromatic carbocycles. The molecule has 3 aromatic rings. The SMILES string of the molecule is Nc1ncnc2c1ncn2[C@@H]1O[C@H](COP(=O)(O)OP(=O)(O)OP(=O)(O)O)[C@@H](OC(=O)c2ccc(N3C(=O)C=CC3=O)cc2)[C@H]1O. The lowest BCUT2D eigenvalue weighted by molar-refractivity contribution is -0.120. The number of nitrogen functional groups attached to an aromatic ring is 1. The van der Waals surface area contributed by atoms with Crippen molar-refractivity contribution in [3.8, 4) is 0 Å². The first kappa shape index (κ1) is 33.6. The van der Waals surface area contributed by atoms with Crippen LogP contribution in [0.1, 0.15) is 16.6 Å². The minimum absolute atomic E-state index is 0.0278. The molecule has 0 aliphatic carbocycles. The second-order valence-electron chi connectivity index (χ2n) is 9.29. The number of esters is 1. The van der Waals surface area contributed by atoms with Crippen LogP contribution in [-0.2, 0) is 45.9 Å². The largest absolute Gasteiger partial charge is 0.490 e. The number of amides is 2. The number of aliphatic hydroxyl groups excluding tert-OH is 1. The van der Waals surface area contributed by atoms with E-state index in [1.807, 2.05) is 0 Å². The fraction of sp³-hybridized carbons (Fsp3) is 0.238. The van der Waals surface area contributed by atoms with E-state index in [1.54, 1.807) is 0 Å². The molecule has 0 radical (unpaired) electrons. The summed E-state index contributed by atoms with van der Waals surface area (Å²) in [6.45, 7) is -1.09. The molecule has 246 valence electrons. The average molecular weight is 706 g/mol. The molecule has 0 bridgehead atoms. The number of aromatic nitrogens is 4. The van der Waals surface area contributed by atoms with Crippen molar-refractivity contribution in [3.63, 3.8) is 0 Å². The summed E-state index contributed by atoms with van der Waals surface area (Å²) in [6.07, 6.45) is -2.19. The molecule has 2 amide bonds. The fourth-order valence-corrected chi connectivity index (χ4v) is 7.38. The normalized spacial score (nSPS) is 24.3. The van der Waals surface area contributed by atoms with Gasteiger partial charge in [-0.15, -0.1) is 0 Å². The Balaban J connectivity index is 1.37. The second kappa shape index (κ2) is 12.5. The van der Waals surface area contributed by atoms with E-state index in [0.717, 1.165) is 29.7 Å². The number of hydrogen-bond donors (Lipinski definition) is 6. The van der Waals surface area contributed by atoms with Gasteiger partial charge in [0.05, 0.1) is 24.2 Å². The number of rotatable bonds is 11. The molecule has 1 saturated heterocycles. The number of carbonyl (C=O) groups is 3. The zero-order chi connectivity index (χ0) is 33.6. The van der Waals surface area contributed by atoms with E-state index in [2.05, 4.69) is 28.1 Å². The predicted octanol–water partition coefficient (Wildman–Crippen LogP) is -0.335. The number of hydrogen-bond acceptors (Lipinski definition) is 16. The number of ether oxygens (including phenoxy) is 2. The Bertz CT molecular complexity index is 1860. The van der Waals surface area contributed by atoms with Gasteiger partial charge in [0.1, 0.15) is 24.1 Å². The Morgan fingerprint density at radius 1 is 0.957 bits per heavy atom. The van der Waals surface area contributed by atoms with E-state index < -0.39 is 72.4 Å². The van der Waals surface area contributed by atoms with Crippen LogP contribution in [0.4, 0.5) is 11.5 Å². The summed E-state index contributed by atoms with van der Waals surface area (Å²) >= 11 is 0. The topological polar surface area (TPSA) is 323 Å². The van der Waals surface area contributed by atoms with Crippen molar-refractivity contribution < 1.29 is 75.4 Å². The predicted molar refractivity (Wildman–Crippen MR) is 147 cm³/mol. The first-order valence-electron chi connectivity index (χ1n) is 12.4. The molecule has 7 N–H and O–H groups in total. The van der Waals surface area contributed by atoms with Gasteiger partial charge in [0, 0.05) is 12.2 Å². The van der Waals surface area contributed by atoms with Crippen molar-refractivity contribution in [2.45, 2.75) is 24.5 Å². The van der Waals surface area contributed by atoms with E-state index in [4.69, 9.17) is 25.0 Å². The number of nitrogens with zero attached hydrogens (tertiary/aromatic N) is 5.